The van der Waals surface area contributed by atoms with Crippen molar-refractivity contribution < 1.29 is 13.8 Å². The molecule has 0 N–H and O–H groups in total. The van der Waals surface area contributed by atoms with Crippen LogP contribution in [0, 0.1) is 10.1 Å². The minimum Gasteiger partial charge on any atom is -0.400 e. The van der Waals surface area contributed by atoms with Gasteiger partial charge in [-0.15, -0.1) is 0 Å². The van der Waals surface area contributed by atoms with Gasteiger partial charge in [-0.2, -0.15) is 0 Å². The zero-order valence-electron chi connectivity index (χ0n) is 18.1. The van der Waals surface area contributed by atoms with Gasteiger partial charge in [-0.25, -0.2) is 0 Å². The summed E-state index contributed by atoms with van der Waals surface area (Å²) in [6.45, 7) is 4.99. The van der Waals surface area contributed by atoms with E-state index in [4.69, 9.17) is 4.42 Å². The molecule has 162 valence electrons. The van der Waals surface area contributed by atoms with Gasteiger partial charge in [0.15, 0.2) is 0 Å². The largest absolute Gasteiger partial charge is 0.442 e. The summed E-state index contributed by atoms with van der Waals surface area (Å²) in [7, 11) is 2.29. The van der Waals surface area contributed by atoms with Crippen LogP contribution in [-0.2, 0) is 6.54 Å². The smallest absolute Gasteiger partial charge is 0.400 e. The molecule has 0 radical (unpaired) electrons. The van der Waals surface area contributed by atoms with Gasteiger partial charge < -0.3 is 13.8 Å². The van der Waals surface area contributed by atoms with E-state index >= 15 is 0 Å². The van der Waals surface area contributed by atoms with E-state index in [0.717, 1.165) is 48.2 Å². The molecule has 2 heterocycles. The number of nitro groups is 1. The molecular weight excluding hydrogens is 402 g/mol. The number of anilines is 1. The lowest BCUT2D eigenvalue weighted by atomic mass is 10.0. The molecule has 32 heavy (non-hydrogen) atoms. The van der Waals surface area contributed by atoms with E-state index in [1.54, 1.807) is 0 Å². The standard InChI is InChI=1S/C26H26N3O3/c1-29(16-14-27(15-17-29)22-10-6-3-7-11-22)19-20-12-13-24-23(18-20)25(26(32-24)28(30)31)21-8-4-2-5-9-21/h2-13,18H,14-17,19H2,1H3/q+1. The van der Waals surface area contributed by atoms with Gasteiger partial charge >= 0.3 is 5.88 Å². The third kappa shape index (κ3) is 3.85. The second-order valence-corrected chi connectivity index (χ2v) is 8.78. The molecule has 0 atom stereocenters. The first-order valence-electron chi connectivity index (χ1n) is 10.9. The summed E-state index contributed by atoms with van der Waals surface area (Å²) in [6.07, 6.45) is 0. The van der Waals surface area contributed by atoms with E-state index < -0.39 is 4.92 Å². The number of hydrogen-bond donors (Lipinski definition) is 0. The molecule has 6 heteroatoms. The number of nitrogens with zero attached hydrogens (tertiary/aromatic N) is 3. The van der Waals surface area contributed by atoms with Crippen LogP contribution in [0.2, 0.25) is 0 Å². The van der Waals surface area contributed by atoms with E-state index in [2.05, 4.69) is 42.3 Å². The van der Waals surface area contributed by atoms with Crippen molar-refractivity contribution in [2.45, 2.75) is 6.54 Å². The van der Waals surface area contributed by atoms with Crippen molar-refractivity contribution in [2.24, 2.45) is 0 Å². The molecule has 0 spiro atoms. The van der Waals surface area contributed by atoms with Gasteiger partial charge in [0.05, 0.1) is 33.2 Å². The molecule has 4 aromatic rings. The Bertz CT molecular complexity index is 1240. The van der Waals surface area contributed by atoms with Crippen molar-refractivity contribution in [1.29, 1.82) is 0 Å². The quantitative estimate of drug-likeness (QED) is 0.240. The highest BCUT2D eigenvalue weighted by molar-refractivity contribution is 5.98. The first-order valence-corrected chi connectivity index (χ1v) is 10.9. The van der Waals surface area contributed by atoms with Crippen LogP contribution in [-0.4, -0.2) is 42.6 Å². The molecule has 6 nitrogen and oxygen atoms in total. The summed E-state index contributed by atoms with van der Waals surface area (Å²) in [5, 5.41) is 12.5. The number of quaternary nitrogens is 1. The van der Waals surface area contributed by atoms with Crippen LogP contribution >= 0.6 is 0 Å². The Hall–Kier alpha value is -3.64. The van der Waals surface area contributed by atoms with Crippen molar-refractivity contribution in [3.05, 3.63) is 94.5 Å². The zero-order valence-corrected chi connectivity index (χ0v) is 18.1. The summed E-state index contributed by atoms with van der Waals surface area (Å²) >= 11 is 0. The highest BCUT2D eigenvalue weighted by Gasteiger charge is 2.30. The van der Waals surface area contributed by atoms with Gasteiger partial charge in [0.2, 0.25) is 0 Å². The van der Waals surface area contributed by atoms with E-state index in [1.807, 2.05) is 48.5 Å². The number of benzene rings is 3. The number of piperazine rings is 1. The van der Waals surface area contributed by atoms with Crippen LogP contribution in [0.5, 0.6) is 0 Å². The van der Waals surface area contributed by atoms with Crippen LogP contribution in [0.3, 0.4) is 0 Å². The average molecular weight is 429 g/mol. The maximum Gasteiger partial charge on any atom is 0.442 e. The van der Waals surface area contributed by atoms with Crippen LogP contribution in [0.1, 0.15) is 5.56 Å². The first-order chi connectivity index (χ1) is 15.5. The predicted octanol–water partition coefficient (Wildman–Crippen LogP) is 5.47. The van der Waals surface area contributed by atoms with Crippen LogP contribution in [0.4, 0.5) is 11.6 Å². The number of likely N-dealkylation sites (N-methyl/N-ethyl adjacent to an activating group) is 1. The normalized spacial score (nSPS) is 15.7. The second kappa shape index (κ2) is 8.13. The highest BCUT2D eigenvalue weighted by Crippen LogP contribution is 2.40. The van der Waals surface area contributed by atoms with Gasteiger partial charge in [-0.1, -0.05) is 48.5 Å². The Morgan fingerprint density at radius 1 is 0.969 bits per heavy atom. The van der Waals surface area contributed by atoms with Crippen molar-refractivity contribution in [2.75, 3.05) is 38.1 Å². The Morgan fingerprint density at radius 2 is 1.62 bits per heavy atom. The molecule has 0 aliphatic carbocycles. The van der Waals surface area contributed by atoms with Crippen molar-refractivity contribution >= 4 is 22.5 Å². The second-order valence-electron chi connectivity index (χ2n) is 8.78. The number of para-hydroxylation sites is 1. The van der Waals surface area contributed by atoms with Gasteiger partial charge in [-0.3, -0.25) is 10.1 Å². The Balaban J connectivity index is 1.42. The number of fused-ring (bicyclic) bond motifs is 1. The third-order valence-corrected chi connectivity index (χ3v) is 6.47. The monoisotopic (exact) mass is 428 g/mol. The highest BCUT2D eigenvalue weighted by atomic mass is 16.6. The lowest BCUT2D eigenvalue weighted by Gasteiger charge is -2.43. The van der Waals surface area contributed by atoms with Crippen molar-refractivity contribution in [3.8, 4) is 11.1 Å². The van der Waals surface area contributed by atoms with Crippen molar-refractivity contribution in [1.82, 2.24) is 0 Å². The Kier molecular flexibility index (Phi) is 5.15. The van der Waals surface area contributed by atoms with E-state index in [0.29, 0.717) is 11.1 Å². The molecule has 0 unspecified atom stereocenters. The maximum absolute atomic E-state index is 11.7. The van der Waals surface area contributed by atoms with Gasteiger partial charge in [-0.05, 0) is 35.9 Å². The van der Waals surface area contributed by atoms with Crippen LogP contribution in [0.25, 0.3) is 22.1 Å². The summed E-state index contributed by atoms with van der Waals surface area (Å²) in [4.78, 5) is 13.7. The fraction of sp³-hybridized carbons (Fsp3) is 0.231. The maximum atomic E-state index is 11.7. The van der Waals surface area contributed by atoms with Gasteiger partial charge in [0.1, 0.15) is 22.6 Å². The first kappa shape index (κ1) is 20.3. The minimum atomic E-state index is -0.432. The lowest BCUT2D eigenvalue weighted by molar-refractivity contribution is -0.923. The lowest BCUT2D eigenvalue weighted by Crippen LogP contribution is -2.56. The molecule has 0 saturated carbocycles. The number of hydrogen-bond acceptors (Lipinski definition) is 4. The van der Waals surface area contributed by atoms with Crippen LogP contribution < -0.4 is 4.90 Å². The number of rotatable bonds is 5. The fourth-order valence-corrected chi connectivity index (χ4v) is 4.69. The summed E-state index contributed by atoms with van der Waals surface area (Å²) < 4.78 is 6.58. The van der Waals surface area contributed by atoms with E-state index in [-0.39, 0.29) is 5.88 Å². The fourth-order valence-electron chi connectivity index (χ4n) is 4.69. The zero-order chi connectivity index (χ0) is 22.1. The van der Waals surface area contributed by atoms with E-state index in [9.17, 15) is 10.1 Å². The molecule has 1 saturated heterocycles. The Labute approximate surface area is 187 Å². The molecule has 3 aromatic carbocycles. The van der Waals surface area contributed by atoms with E-state index in [1.165, 1.54) is 11.3 Å². The SMILES string of the molecule is C[N+]1(Cc2ccc3oc([N+](=O)[O-])c(-c4ccccc4)c3c2)CCN(c2ccccc2)CC1. The average Bonchev–Trinajstić information content (AvgIpc) is 3.20. The topological polar surface area (TPSA) is 59.5 Å². The number of furan rings is 1. The Morgan fingerprint density at radius 3 is 2.28 bits per heavy atom. The molecule has 0 bridgehead atoms. The summed E-state index contributed by atoms with van der Waals surface area (Å²) in [6, 6.07) is 26.0. The molecule has 1 fully saturated rings. The third-order valence-electron chi connectivity index (χ3n) is 6.47. The summed E-state index contributed by atoms with van der Waals surface area (Å²) in [5.41, 5.74) is 4.35. The van der Waals surface area contributed by atoms with Gasteiger partial charge in [0, 0.05) is 16.6 Å². The molecule has 5 rings (SSSR count). The molecule has 1 aromatic heterocycles. The molecular formula is C26H26N3O3+. The molecule has 1 aliphatic rings. The van der Waals surface area contributed by atoms with Crippen molar-refractivity contribution in [3.63, 3.8) is 0 Å². The summed E-state index contributed by atoms with van der Waals surface area (Å²) in [5.74, 6) is -0.194. The molecule has 1 aliphatic heterocycles. The minimum absolute atomic E-state index is 0.194. The molecule has 0 amide bonds. The predicted molar refractivity (Wildman–Crippen MR) is 127 cm³/mol. The van der Waals surface area contributed by atoms with Gasteiger partial charge in [0.25, 0.3) is 0 Å². The van der Waals surface area contributed by atoms with Crippen LogP contribution in [0.15, 0.2) is 83.3 Å².